The van der Waals surface area contributed by atoms with Crippen LogP contribution < -0.4 is 10.6 Å². The number of rotatable bonds is 3. The number of nitrogens with one attached hydrogen (secondary N) is 3. The second-order valence-electron chi connectivity index (χ2n) is 4.73. The monoisotopic (exact) mass is 230 g/mol. The highest BCUT2D eigenvalue weighted by atomic mass is 15.1. The number of anilines is 1. The number of benzene rings is 1. The molecule has 0 saturated carbocycles. The standard InChI is InChI=1S/C13H18N4/c1-4-11-9-16-17-13(11)12(5-1)15-8-10-3-2-6-14-7-10/h1,4-5,9-10,14-15H,2-3,6-8H2,(H,16,17). The molecule has 2 heterocycles. The van der Waals surface area contributed by atoms with Crippen LogP contribution in [0.1, 0.15) is 12.8 Å². The van der Waals surface area contributed by atoms with E-state index in [-0.39, 0.29) is 0 Å². The molecule has 1 fully saturated rings. The largest absolute Gasteiger partial charge is 0.383 e. The van der Waals surface area contributed by atoms with Gasteiger partial charge in [0.05, 0.1) is 17.4 Å². The van der Waals surface area contributed by atoms with E-state index in [1.807, 2.05) is 6.20 Å². The SMILES string of the molecule is c1cc(NCC2CCCNC2)c2[nH]ncc2c1. The Morgan fingerprint density at radius 2 is 2.41 bits per heavy atom. The number of nitrogens with zero attached hydrogens (tertiary/aromatic N) is 1. The van der Waals surface area contributed by atoms with Crippen LogP contribution in [0, 0.1) is 5.92 Å². The molecule has 1 saturated heterocycles. The molecule has 17 heavy (non-hydrogen) atoms. The minimum atomic E-state index is 0.738. The van der Waals surface area contributed by atoms with E-state index in [0.29, 0.717) is 0 Å². The first kappa shape index (κ1) is 10.6. The highest BCUT2D eigenvalue weighted by Gasteiger charge is 2.12. The van der Waals surface area contributed by atoms with Crippen molar-refractivity contribution in [2.75, 3.05) is 25.0 Å². The zero-order valence-electron chi connectivity index (χ0n) is 9.87. The Morgan fingerprint density at radius 3 is 3.29 bits per heavy atom. The summed E-state index contributed by atoms with van der Waals surface area (Å²) < 4.78 is 0. The Hall–Kier alpha value is -1.55. The van der Waals surface area contributed by atoms with Crippen LogP contribution in [0.2, 0.25) is 0 Å². The summed E-state index contributed by atoms with van der Waals surface area (Å²) >= 11 is 0. The summed E-state index contributed by atoms with van der Waals surface area (Å²) in [7, 11) is 0. The molecule has 0 aliphatic carbocycles. The minimum absolute atomic E-state index is 0.738. The molecule has 3 N–H and O–H groups in total. The summed E-state index contributed by atoms with van der Waals surface area (Å²) in [6.45, 7) is 3.34. The molecule has 1 aromatic heterocycles. The number of piperidine rings is 1. The first-order chi connectivity index (χ1) is 8.43. The Morgan fingerprint density at radius 1 is 1.41 bits per heavy atom. The van der Waals surface area contributed by atoms with Gasteiger partial charge in [0, 0.05) is 11.9 Å². The van der Waals surface area contributed by atoms with Crippen LogP contribution in [0.4, 0.5) is 5.69 Å². The number of para-hydroxylation sites is 1. The molecule has 1 aliphatic heterocycles. The van der Waals surface area contributed by atoms with Crippen LogP contribution in [0.25, 0.3) is 10.9 Å². The van der Waals surface area contributed by atoms with E-state index >= 15 is 0 Å². The summed E-state index contributed by atoms with van der Waals surface area (Å²) in [4.78, 5) is 0. The third-order valence-electron chi connectivity index (χ3n) is 3.46. The van der Waals surface area contributed by atoms with Crippen LogP contribution in [0.3, 0.4) is 0 Å². The van der Waals surface area contributed by atoms with E-state index in [9.17, 15) is 0 Å². The van der Waals surface area contributed by atoms with Crippen LogP contribution in [-0.4, -0.2) is 29.8 Å². The van der Waals surface area contributed by atoms with Crippen molar-refractivity contribution in [2.24, 2.45) is 5.92 Å². The smallest absolute Gasteiger partial charge is 0.0881 e. The predicted octanol–water partition coefficient (Wildman–Crippen LogP) is 1.97. The highest BCUT2D eigenvalue weighted by molar-refractivity contribution is 5.89. The average Bonchev–Trinajstić information content (AvgIpc) is 2.86. The van der Waals surface area contributed by atoms with Gasteiger partial charge in [0.1, 0.15) is 0 Å². The maximum Gasteiger partial charge on any atom is 0.0881 e. The van der Waals surface area contributed by atoms with Gasteiger partial charge in [-0.15, -0.1) is 0 Å². The molecule has 3 rings (SSSR count). The van der Waals surface area contributed by atoms with Gasteiger partial charge in [-0.25, -0.2) is 0 Å². The predicted molar refractivity (Wildman–Crippen MR) is 70.2 cm³/mol. The third-order valence-corrected chi connectivity index (χ3v) is 3.46. The molecule has 1 atom stereocenters. The van der Waals surface area contributed by atoms with E-state index in [1.165, 1.54) is 19.4 Å². The normalized spacial score (nSPS) is 20.6. The first-order valence-electron chi connectivity index (χ1n) is 6.30. The summed E-state index contributed by atoms with van der Waals surface area (Å²) in [6.07, 6.45) is 4.47. The van der Waals surface area contributed by atoms with Crippen molar-refractivity contribution in [1.29, 1.82) is 0 Å². The average molecular weight is 230 g/mol. The molecule has 0 radical (unpaired) electrons. The fourth-order valence-corrected chi connectivity index (χ4v) is 2.47. The fourth-order valence-electron chi connectivity index (χ4n) is 2.47. The van der Waals surface area contributed by atoms with Crippen molar-refractivity contribution < 1.29 is 0 Å². The van der Waals surface area contributed by atoms with E-state index in [4.69, 9.17) is 0 Å². The van der Waals surface area contributed by atoms with Crippen LogP contribution >= 0.6 is 0 Å². The van der Waals surface area contributed by atoms with E-state index in [0.717, 1.165) is 35.6 Å². The van der Waals surface area contributed by atoms with E-state index < -0.39 is 0 Å². The number of hydrogen-bond donors (Lipinski definition) is 3. The van der Waals surface area contributed by atoms with Gasteiger partial charge in [0.25, 0.3) is 0 Å². The van der Waals surface area contributed by atoms with Crippen LogP contribution in [0.5, 0.6) is 0 Å². The molecular formula is C13H18N4. The summed E-state index contributed by atoms with van der Waals surface area (Å²) in [5, 5.41) is 15.3. The highest BCUT2D eigenvalue weighted by Crippen LogP contribution is 2.21. The number of aromatic amines is 1. The van der Waals surface area contributed by atoms with E-state index in [1.54, 1.807) is 0 Å². The van der Waals surface area contributed by atoms with Crippen molar-refractivity contribution in [3.8, 4) is 0 Å². The molecule has 90 valence electrons. The summed E-state index contributed by atoms with van der Waals surface area (Å²) in [6, 6.07) is 6.25. The number of hydrogen-bond acceptors (Lipinski definition) is 3. The lowest BCUT2D eigenvalue weighted by Gasteiger charge is -2.23. The maximum absolute atomic E-state index is 4.08. The van der Waals surface area contributed by atoms with Crippen molar-refractivity contribution in [1.82, 2.24) is 15.5 Å². The van der Waals surface area contributed by atoms with Gasteiger partial charge in [-0.1, -0.05) is 12.1 Å². The quantitative estimate of drug-likeness (QED) is 0.755. The Bertz CT molecular complexity index is 485. The molecule has 4 heteroatoms. The van der Waals surface area contributed by atoms with Gasteiger partial charge < -0.3 is 10.6 Å². The zero-order chi connectivity index (χ0) is 11.5. The molecule has 0 amide bonds. The first-order valence-corrected chi connectivity index (χ1v) is 6.30. The molecule has 1 unspecified atom stereocenters. The Balaban J connectivity index is 1.69. The van der Waals surface area contributed by atoms with Crippen molar-refractivity contribution in [3.63, 3.8) is 0 Å². The number of H-pyrrole nitrogens is 1. The van der Waals surface area contributed by atoms with Gasteiger partial charge in [-0.2, -0.15) is 5.10 Å². The molecule has 1 aromatic carbocycles. The molecular weight excluding hydrogens is 212 g/mol. The van der Waals surface area contributed by atoms with E-state index in [2.05, 4.69) is 39.0 Å². The lowest BCUT2D eigenvalue weighted by molar-refractivity contribution is 0.393. The molecule has 0 bridgehead atoms. The lowest BCUT2D eigenvalue weighted by Crippen LogP contribution is -2.33. The van der Waals surface area contributed by atoms with Crippen molar-refractivity contribution in [3.05, 3.63) is 24.4 Å². The molecule has 4 nitrogen and oxygen atoms in total. The van der Waals surface area contributed by atoms with Crippen molar-refractivity contribution in [2.45, 2.75) is 12.8 Å². The summed E-state index contributed by atoms with van der Waals surface area (Å²) in [5.74, 6) is 0.738. The van der Waals surface area contributed by atoms with Gasteiger partial charge in [-0.05, 0) is 37.9 Å². The zero-order valence-corrected chi connectivity index (χ0v) is 9.87. The number of aromatic nitrogens is 2. The lowest BCUT2D eigenvalue weighted by atomic mass is 9.99. The van der Waals surface area contributed by atoms with Gasteiger partial charge in [0.2, 0.25) is 0 Å². The van der Waals surface area contributed by atoms with Crippen LogP contribution in [0.15, 0.2) is 24.4 Å². The maximum atomic E-state index is 4.08. The Kier molecular flexibility index (Phi) is 2.96. The van der Waals surface area contributed by atoms with Gasteiger partial charge >= 0.3 is 0 Å². The number of fused-ring (bicyclic) bond motifs is 1. The van der Waals surface area contributed by atoms with Crippen molar-refractivity contribution >= 4 is 16.6 Å². The fraction of sp³-hybridized carbons (Fsp3) is 0.462. The molecule has 2 aromatic rings. The minimum Gasteiger partial charge on any atom is -0.383 e. The van der Waals surface area contributed by atoms with Crippen LogP contribution in [-0.2, 0) is 0 Å². The van der Waals surface area contributed by atoms with Gasteiger partial charge in [0.15, 0.2) is 0 Å². The second kappa shape index (κ2) is 4.75. The summed E-state index contributed by atoms with van der Waals surface area (Å²) in [5.41, 5.74) is 2.27. The molecule has 0 spiro atoms. The molecule has 1 aliphatic rings. The Labute approximate surface area is 101 Å². The second-order valence-corrected chi connectivity index (χ2v) is 4.73. The van der Waals surface area contributed by atoms with Gasteiger partial charge in [-0.3, -0.25) is 5.10 Å². The topological polar surface area (TPSA) is 52.7 Å². The third kappa shape index (κ3) is 2.26.